The highest BCUT2D eigenvalue weighted by Crippen LogP contribution is 2.72. The van der Waals surface area contributed by atoms with Crippen LogP contribution in [0.1, 0.15) is 44.9 Å². The first-order valence-electron chi connectivity index (χ1n) is 6.43. The van der Waals surface area contributed by atoms with Gasteiger partial charge in [0.2, 0.25) is 0 Å². The summed E-state index contributed by atoms with van der Waals surface area (Å²) in [6.07, 6.45) is -4.35. The van der Waals surface area contributed by atoms with Crippen molar-refractivity contribution in [2.75, 3.05) is 0 Å². The van der Waals surface area contributed by atoms with Crippen LogP contribution in [0.2, 0.25) is 0 Å². The van der Waals surface area contributed by atoms with Gasteiger partial charge in [0, 0.05) is 6.04 Å². The van der Waals surface area contributed by atoms with Crippen LogP contribution in [-0.4, -0.2) is 0 Å². The maximum atomic E-state index is 13.0. The van der Waals surface area contributed by atoms with Gasteiger partial charge in [-0.3, -0.25) is 0 Å². The zero-order chi connectivity index (χ0) is 14.6. The quantitative estimate of drug-likeness (QED) is 0.848. The zero-order valence-electron chi connectivity index (χ0n) is 11.7. The Balaban J connectivity index is 2.40. The fourth-order valence-corrected chi connectivity index (χ4v) is 3.37. The van der Waals surface area contributed by atoms with Crippen LogP contribution in [-0.2, 0) is 6.18 Å². The van der Waals surface area contributed by atoms with Gasteiger partial charge >= 0.3 is 6.18 Å². The van der Waals surface area contributed by atoms with Crippen molar-refractivity contribution in [3.05, 3.63) is 35.4 Å². The smallest absolute Gasteiger partial charge is 0.324 e. The molecule has 0 amide bonds. The molecule has 1 saturated carbocycles. The summed E-state index contributed by atoms with van der Waals surface area (Å²) in [6.45, 7) is 8.25. The second-order valence-corrected chi connectivity index (χ2v) is 6.53. The normalized spacial score (nSPS) is 23.2. The first-order valence-corrected chi connectivity index (χ1v) is 6.43. The summed E-state index contributed by atoms with van der Waals surface area (Å²) < 4.78 is 39.1. The molecule has 1 unspecified atom stereocenters. The van der Waals surface area contributed by atoms with Gasteiger partial charge in [-0.25, -0.2) is 0 Å². The Hall–Kier alpha value is -1.03. The molecule has 0 aliphatic heterocycles. The average Bonchev–Trinajstić information content (AvgIpc) is 2.67. The third-order valence-electron chi connectivity index (χ3n) is 5.12. The van der Waals surface area contributed by atoms with Crippen molar-refractivity contribution in [2.45, 2.75) is 39.9 Å². The minimum Gasteiger partial charge on any atom is -0.324 e. The van der Waals surface area contributed by atoms with Gasteiger partial charge in [0.25, 0.3) is 0 Å². The van der Waals surface area contributed by atoms with Crippen LogP contribution >= 0.6 is 0 Å². The highest BCUT2D eigenvalue weighted by Gasteiger charge is 2.67. The molecular weight excluding hydrogens is 251 g/mol. The topological polar surface area (TPSA) is 26.0 Å². The maximum absolute atomic E-state index is 13.0. The number of nitrogens with two attached hydrogens (primary N) is 1. The Morgan fingerprint density at radius 3 is 1.95 bits per heavy atom. The molecule has 1 aromatic carbocycles. The molecule has 2 N–H and O–H groups in total. The van der Waals surface area contributed by atoms with E-state index in [2.05, 4.69) is 27.7 Å². The molecule has 0 heterocycles. The molecule has 19 heavy (non-hydrogen) atoms. The van der Waals surface area contributed by atoms with Crippen LogP contribution in [0, 0.1) is 16.7 Å². The van der Waals surface area contributed by atoms with Gasteiger partial charge in [-0.15, -0.1) is 0 Å². The zero-order valence-corrected chi connectivity index (χ0v) is 11.7. The molecular formula is C15H20F3N. The van der Waals surface area contributed by atoms with Gasteiger partial charge in [0.1, 0.15) is 0 Å². The molecule has 1 aromatic rings. The number of benzene rings is 1. The predicted molar refractivity (Wildman–Crippen MR) is 69.4 cm³/mol. The van der Waals surface area contributed by atoms with Crippen molar-refractivity contribution in [2.24, 2.45) is 22.5 Å². The lowest BCUT2D eigenvalue weighted by Gasteiger charge is -2.20. The van der Waals surface area contributed by atoms with Crippen LogP contribution in [0.15, 0.2) is 24.3 Å². The van der Waals surface area contributed by atoms with E-state index in [4.69, 9.17) is 5.73 Å². The van der Waals surface area contributed by atoms with E-state index in [0.29, 0.717) is 0 Å². The van der Waals surface area contributed by atoms with Crippen molar-refractivity contribution in [1.82, 2.24) is 0 Å². The van der Waals surface area contributed by atoms with Crippen LogP contribution < -0.4 is 5.73 Å². The van der Waals surface area contributed by atoms with Gasteiger partial charge in [-0.05, 0) is 28.4 Å². The summed E-state index contributed by atoms with van der Waals surface area (Å²) in [5, 5.41) is 0. The second kappa shape index (κ2) is 3.98. The molecule has 0 radical (unpaired) electrons. The van der Waals surface area contributed by atoms with Crippen molar-refractivity contribution in [1.29, 1.82) is 0 Å². The largest absolute Gasteiger partial charge is 0.416 e. The molecule has 0 saturated heterocycles. The third kappa shape index (κ3) is 2.06. The lowest BCUT2D eigenvalue weighted by atomic mass is 9.93. The lowest BCUT2D eigenvalue weighted by Crippen LogP contribution is -2.21. The molecule has 4 heteroatoms. The summed E-state index contributed by atoms with van der Waals surface area (Å²) >= 11 is 0. The Morgan fingerprint density at radius 1 is 1.05 bits per heavy atom. The van der Waals surface area contributed by atoms with E-state index >= 15 is 0 Å². The summed E-state index contributed by atoms with van der Waals surface area (Å²) in [6, 6.07) is 5.05. The van der Waals surface area contributed by atoms with Crippen LogP contribution in [0.25, 0.3) is 0 Å². The Labute approximate surface area is 112 Å². The first kappa shape index (κ1) is 14.4. The Kier molecular flexibility index (Phi) is 3.01. The standard InChI is InChI=1S/C15H20F3N/c1-13(2)12(14(13,3)4)11(19)9-7-5-6-8-10(9)15(16,17)18/h5-8,11-12H,19H2,1-4H3. The second-order valence-electron chi connectivity index (χ2n) is 6.53. The van der Waals surface area contributed by atoms with Gasteiger partial charge in [0.15, 0.2) is 0 Å². The Bertz CT molecular complexity index is 474. The fourth-order valence-electron chi connectivity index (χ4n) is 3.37. The van der Waals surface area contributed by atoms with Crippen molar-refractivity contribution in [3.63, 3.8) is 0 Å². The molecule has 2 rings (SSSR count). The highest BCUT2D eigenvalue weighted by molar-refractivity contribution is 5.35. The SMILES string of the molecule is CC1(C)C(C(N)c2ccccc2C(F)(F)F)C1(C)C. The van der Waals surface area contributed by atoms with Crippen molar-refractivity contribution in [3.8, 4) is 0 Å². The number of alkyl halides is 3. The van der Waals surface area contributed by atoms with Gasteiger partial charge in [-0.1, -0.05) is 45.9 Å². The van der Waals surface area contributed by atoms with E-state index in [0.717, 1.165) is 6.07 Å². The lowest BCUT2D eigenvalue weighted by molar-refractivity contribution is -0.138. The molecule has 0 bridgehead atoms. The first-order chi connectivity index (χ1) is 8.51. The summed E-state index contributed by atoms with van der Waals surface area (Å²) in [4.78, 5) is 0. The number of rotatable bonds is 2. The summed E-state index contributed by atoms with van der Waals surface area (Å²) in [5.41, 5.74) is 5.67. The number of halogens is 3. The molecule has 1 aliphatic rings. The van der Waals surface area contributed by atoms with E-state index in [1.54, 1.807) is 6.07 Å². The average molecular weight is 271 g/mol. The van der Waals surface area contributed by atoms with Gasteiger partial charge in [0.05, 0.1) is 5.56 Å². The molecule has 0 aromatic heterocycles. The van der Waals surface area contributed by atoms with E-state index in [1.807, 2.05) is 0 Å². The van der Waals surface area contributed by atoms with Crippen LogP contribution in [0.4, 0.5) is 13.2 Å². The highest BCUT2D eigenvalue weighted by atomic mass is 19.4. The van der Waals surface area contributed by atoms with Gasteiger partial charge in [-0.2, -0.15) is 13.2 Å². The minimum absolute atomic E-state index is 0.0366. The summed E-state index contributed by atoms with van der Waals surface area (Å²) in [5.74, 6) is 0.0588. The predicted octanol–water partition coefficient (Wildman–Crippen LogP) is 4.39. The maximum Gasteiger partial charge on any atom is 0.416 e. The van der Waals surface area contributed by atoms with E-state index in [-0.39, 0.29) is 22.3 Å². The van der Waals surface area contributed by atoms with E-state index in [1.165, 1.54) is 12.1 Å². The van der Waals surface area contributed by atoms with E-state index in [9.17, 15) is 13.2 Å². The number of hydrogen-bond acceptors (Lipinski definition) is 1. The molecule has 1 atom stereocenters. The van der Waals surface area contributed by atoms with Crippen LogP contribution in [0.5, 0.6) is 0 Å². The molecule has 1 fully saturated rings. The van der Waals surface area contributed by atoms with Gasteiger partial charge < -0.3 is 5.73 Å². The number of hydrogen-bond donors (Lipinski definition) is 1. The van der Waals surface area contributed by atoms with Crippen molar-refractivity contribution >= 4 is 0 Å². The molecule has 1 aliphatic carbocycles. The molecule has 106 valence electrons. The molecule has 1 nitrogen and oxygen atoms in total. The van der Waals surface area contributed by atoms with Crippen molar-refractivity contribution < 1.29 is 13.2 Å². The monoisotopic (exact) mass is 271 g/mol. The molecule has 0 spiro atoms. The summed E-state index contributed by atoms with van der Waals surface area (Å²) in [7, 11) is 0. The Morgan fingerprint density at radius 2 is 1.53 bits per heavy atom. The fraction of sp³-hybridized carbons (Fsp3) is 0.600. The minimum atomic E-state index is -4.35. The van der Waals surface area contributed by atoms with Crippen LogP contribution in [0.3, 0.4) is 0 Å². The van der Waals surface area contributed by atoms with E-state index < -0.39 is 17.8 Å². The third-order valence-corrected chi connectivity index (χ3v) is 5.12.